The maximum absolute atomic E-state index is 11.3. The highest BCUT2D eigenvalue weighted by molar-refractivity contribution is 5.92. The summed E-state index contributed by atoms with van der Waals surface area (Å²) < 4.78 is 5.61. The maximum atomic E-state index is 11.3. The van der Waals surface area contributed by atoms with Crippen molar-refractivity contribution in [2.24, 2.45) is 0 Å². The van der Waals surface area contributed by atoms with Crippen LogP contribution in [0.3, 0.4) is 0 Å². The maximum Gasteiger partial charge on any atom is 0.339 e. The Hall–Kier alpha value is -3.61. The van der Waals surface area contributed by atoms with Crippen LogP contribution in [-0.2, 0) is 13.1 Å². The first-order valence-corrected chi connectivity index (χ1v) is 8.21. The zero-order valence-electron chi connectivity index (χ0n) is 14.6. The number of phenolic OH excluding ortho intramolecular Hbond substituents is 2. The van der Waals surface area contributed by atoms with Gasteiger partial charge in [-0.1, -0.05) is 0 Å². The fourth-order valence-corrected chi connectivity index (χ4v) is 2.79. The highest BCUT2D eigenvalue weighted by Crippen LogP contribution is 2.30. The summed E-state index contributed by atoms with van der Waals surface area (Å²) in [4.78, 5) is 13.1. The highest BCUT2D eigenvalue weighted by Gasteiger charge is 2.17. The number of nitrogens with zero attached hydrogens (tertiary/aromatic N) is 1. The summed E-state index contributed by atoms with van der Waals surface area (Å²) in [6, 6.07) is 12.1. The standard InChI is InChI=1S/C20H19NO6/c1-12-2-5-16(27-12)11-21(10-13-8-15(22)4-7-18(13)23)14-3-6-19(24)17(9-14)20(25)26/h2-9,22-24H,10-11H2,1H3,(H,25,26). The topological polar surface area (TPSA) is 114 Å². The second kappa shape index (κ2) is 7.33. The monoisotopic (exact) mass is 369 g/mol. The third-order valence-electron chi connectivity index (χ3n) is 4.14. The molecule has 1 heterocycles. The smallest absolute Gasteiger partial charge is 0.339 e. The lowest BCUT2D eigenvalue weighted by Gasteiger charge is -2.25. The molecular weight excluding hydrogens is 350 g/mol. The summed E-state index contributed by atoms with van der Waals surface area (Å²) in [5, 5.41) is 38.8. The van der Waals surface area contributed by atoms with E-state index in [0.717, 1.165) is 5.76 Å². The van der Waals surface area contributed by atoms with Crippen LogP contribution < -0.4 is 4.90 Å². The van der Waals surface area contributed by atoms with E-state index in [0.29, 0.717) is 23.6 Å². The van der Waals surface area contributed by atoms with E-state index in [9.17, 15) is 25.2 Å². The van der Waals surface area contributed by atoms with E-state index in [2.05, 4.69) is 0 Å². The average molecular weight is 369 g/mol. The lowest BCUT2D eigenvalue weighted by Crippen LogP contribution is -2.22. The molecule has 7 heteroatoms. The molecule has 0 saturated carbocycles. The Balaban J connectivity index is 2.00. The van der Waals surface area contributed by atoms with Gasteiger partial charge in [0.15, 0.2) is 0 Å². The molecule has 0 aliphatic rings. The largest absolute Gasteiger partial charge is 0.508 e. The van der Waals surface area contributed by atoms with Gasteiger partial charge in [-0.15, -0.1) is 0 Å². The van der Waals surface area contributed by atoms with Gasteiger partial charge in [0, 0.05) is 17.8 Å². The molecule has 0 aliphatic carbocycles. The molecule has 0 atom stereocenters. The second-order valence-electron chi connectivity index (χ2n) is 6.19. The molecule has 27 heavy (non-hydrogen) atoms. The number of benzene rings is 2. The summed E-state index contributed by atoms with van der Waals surface area (Å²) in [5.41, 5.74) is 0.749. The first-order valence-electron chi connectivity index (χ1n) is 8.21. The number of carboxylic acid groups (broad SMARTS) is 1. The third-order valence-corrected chi connectivity index (χ3v) is 4.14. The van der Waals surface area contributed by atoms with Crippen molar-refractivity contribution in [2.45, 2.75) is 20.0 Å². The van der Waals surface area contributed by atoms with Gasteiger partial charge in [-0.2, -0.15) is 0 Å². The minimum Gasteiger partial charge on any atom is -0.508 e. The Morgan fingerprint density at radius 3 is 2.37 bits per heavy atom. The summed E-state index contributed by atoms with van der Waals surface area (Å²) in [6.07, 6.45) is 0. The van der Waals surface area contributed by atoms with Crippen molar-refractivity contribution in [3.05, 3.63) is 71.2 Å². The van der Waals surface area contributed by atoms with Gasteiger partial charge >= 0.3 is 5.97 Å². The molecule has 0 bridgehead atoms. The van der Waals surface area contributed by atoms with E-state index in [1.165, 1.54) is 30.3 Å². The minimum atomic E-state index is -1.25. The number of aryl methyl sites for hydroxylation is 1. The molecule has 0 radical (unpaired) electrons. The van der Waals surface area contributed by atoms with Crippen LogP contribution >= 0.6 is 0 Å². The molecule has 140 valence electrons. The molecule has 1 aromatic heterocycles. The van der Waals surface area contributed by atoms with Gasteiger partial charge in [0.25, 0.3) is 0 Å². The normalized spacial score (nSPS) is 10.7. The molecule has 7 nitrogen and oxygen atoms in total. The van der Waals surface area contributed by atoms with E-state index in [1.54, 1.807) is 11.0 Å². The van der Waals surface area contributed by atoms with E-state index < -0.39 is 5.97 Å². The molecule has 0 spiro atoms. The molecule has 3 aromatic rings. The zero-order valence-corrected chi connectivity index (χ0v) is 14.6. The molecule has 0 saturated heterocycles. The molecule has 0 amide bonds. The number of carboxylic acids is 1. The quantitative estimate of drug-likeness (QED) is 0.491. The third kappa shape index (κ3) is 4.14. The molecular formula is C20H19NO6. The van der Waals surface area contributed by atoms with Crippen LogP contribution in [0.15, 0.2) is 52.9 Å². The van der Waals surface area contributed by atoms with Crippen LogP contribution in [-0.4, -0.2) is 26.4 Å². The fraction of sp³-hybridized carbons (Fsp3) is 0.150. The minimum absolute atomic E-state index is 0.00524. The number of anilines is 1. The van der Waals surface area contributed by atoms with Crippen LogP contribution in [0.25, 0.3) is 0 Å². The van der Waals surface area contributed by atoms with Crippen LogP contribution in [0.2, 0.25) is 0 Å². The predicted octanol–water partition coefficient (Wildman–Crippen LogP) is 3.61. The van der Waals surface area contributed by atoms with Crippen molar-refractivity contribution in [1.82, 2.24) is 0 Å². The van der Waals surface area contributed by atoms with E-state index in [-0.39, 0.29) is 29.4 Å². The van der Waals surface area contributed by atoms with Crippen molar-refractivity contribution in [3.63, 3.8) is 0 Å². The van der Waals surface area contributed by atoms with Crippen LogP contribution in [0.4, 0.5) is 5.69 Å². The number of rotatable bonds is 6. The Morgan fingerprint density at radius 2 is 1.70 bits per heavy atom. The first-order chi connectivity index (χ1) is 12.8. The lowest BCUT2D eigenvalue weighted by molar-refractivity contribution is 0.0693. The Labute approximate surface area is 155 Å². The fourth-order valence-electron chi connectivity index (χ4n) is 2.79. The van der Waals surface area contributed by atoms with Crippen LogP contribution in [0.5, 0.6) is 17.2 Å². The predicted molar refractivity (Wildman–Crippen MR) is 98.2 cm³/mol. The Kier molecular flexibility index (Phi) is 4.94. The van der Waals surface area contributed by atoms with Crippen molar-refractivity contribution in [1.29, 1.82) is 0 Å². The van der Waals surface area contributed by atoms with Gasteiger partial charge in [-0.05, 0) is 55.5 Å². The van der Waals surface area contributed by atoms with Crippen LogP contribution in [0.1, 0.15) is 27.4 Å². The highest BCUT2D eigenvalue weighted by atomic mass is 16.4. The van der Waals surface area contributed by atoms with Gasteiger partial charge in [-0.3, -0.25) is 0 Å². The zero-order chi connectivity index (χ0) is 19.6. The molecule has 4 N–H and O–H groups in total. The first kappa shape index (κ1) is 18.2. The summed E-state index contributed by atoms with van der Waals surface area (Å²) in [7, 11) is 0. The summed E-state index contributed by atoms with van der Waals surface area (Å²) >= 11 is 0. The van der Waals surface area contributed by atoms with Gasteiger partial charge < -0.3 is 29.7 Å². The van der Waals surface area contributed by atoms with Crippen molar-refractivity contribution in [2.75, 3.05) is 4.90 Å². The van der Waals surface area contributed by atoms with Gasteiger partial charge in [0.2, 0.25) is 0 Å². The number of aromatic carboxylic acids is 1. The van der Waals surface area contributed by atoms with Crippen LogP contribution in [0, 0.1) is 6.92 Å². The van der Waals surface area contributed by atoms with E-state index in [4.69, 9.17) is 4.42 Å². The number of hydrogen-bond donors (Lipinski definition) is 4. The number of aromatic hydroxyl groups is 3. The summed E-state index contributed by atoms with van der Waals surface area (Å²) in [5.74, 6) is -0.179. The van der Waals surface area contributed by atoms with Gasteiger partial charge in [0.1, 0.15) is 34.3 Å². The molecule has 0 aliphatic heterocycles. The molecule has 3 rings (SSSR count). The van der Waals surface area contributed by atoms with E-state index in [1.807, 2.05) is 19.1 Å². The molecule has 2 aromatic carbocycles. The number of hydrogen-bond acceptors (Lipinski definition) is 6. The second-order valence-corrected chi connectivity index (χ2v) is 6.19. The Morgan fingerprint density at radius 1 is 0.963 bits per heavy atom. The van der Waals surface area contributed by atoms with Crippen molar-refractivity contribution in [3.8, 4) is 17.2 Å². The summed E-state index contributed by atoms with van der Waals surface area (Å²) in [6.45, 7) is 2.30. The number of furan rings is 1. The van der Waals surface area contributed by atoms with Gasteiger partial charge in [0.05, 0.1) is 6.54 Å². The molecule has 0 fully saturated rings. The number of phenols is 3. The van der Waals surface area contributed by atoms with Gasteiger partial charge in [-0.25, -0.2) is 4.79 Å². The molecule has 0 unspecified atom stereocenters. The average Bonchev–Trinajstić information content (AvgIpc) is 3.02. The Bertz CT molecular complexity index is 978. The number of carbonyl (C=O) groups is 1. The van der Waals surface area contributed by atoms with Crippen molar-refractivity contribution < 1.29 is 29.6 Å². The van der Waals surface area contributed by atoms with E-state index >= 15 is 0 Å². The van der Waals surface area contributed by atoms with Crippen molar-refractivity contribution >= 4 is 11.7 Å². The SMILES string of the molecule is Cc1ccc(CN(Cc2cc(O)ccc2O)c2ccc(O)c(C(=O)O)c2)o1. The lowest BCUT2D eigenvalue weighted by atomic mass is 10.1.